The number of hydrogen-bond donors (Lipinski definition) is 1. The Hall–Kier alpha value is -1.82. The first-order valence-electron chi connectivity index (χ1n) is 6.91. The number of nitro groups is 1. The smallest absolute Gasteiger partial charge is 0.275 e. The first kappa shape index (κ1) is 16.2. The maximum absolute atomic E-state index is 10.9. The Bertz CT molecular complexity index is 424. The van der Waals surface area contributed by atoms with E-state index in [-0.39, 0.29) is 5.69 Å². The van der Waals surface area contributed by atoms with Gasteiger partial charge in [-0.2, -0.15) is 0 Å². The van der Waals surface area contributed by atoms with Gasteiger partial charge < -0.3 is 14.8 Å². The van der Waals surface area contributed by atoms with Gasteiger partial charge in [0.1, 0.15) is 5.75 Å². The summed E-state index contributed by atoms with van der Waals surface area (Å²) in [5, 5.41) is 14.0. The number of non-ortho nitro benzene ring substituents is 1. The third-order valence-electron chi connectivity index (χ3n) is 2.63. The number of nitrogens with one attached hydrogen (secondary N) is 1. The molecule has 0 radical (unpaired) electrons. The van der Waals surface area contributed by atoms with Gasteiger partial charge in [0.15, 0.2) is 0 Å². The van der Waals surface area contributed by atoms with E-state index in [1.165, 1.54) is 12.1 Å². The van der Waals surface area contributed by atoms with E-state index in [4.69, 9.17) is 9.47 Å². The van der Waals surface area contributed by atoms with Gasteiger partial charge in [-0.05, 0) is 13.3 Å². The fourth-order valence-electron chi connectivity index (χ4n) is 1.66. The zero-order valence-corrected chi connectivity index (χ0v) is 12.1. The number of unbranched alkanes of at least 4 members (excludes halogenated alkanes) is 1. The highest BCUT2D eigenvalue weighted by Gasteiger charge is 2.10. The largest absolute Gasteiger partial charge is 0.494 e. The molecule has 0 amide bonds. The van der Waals surface area contributed by atoms with E-state index < -0.39 is 4.92 Å². The molecule has 0 aromatic heterocycles. The highest BCUT2D eigenvalue weighted by molar-refractivity contribution is 5.56. The molecule has 0 aliphatic carbocycles. The van der Waals surface area contributed by atoms with Gasteiger partial charge >= 0.3 is 0 Å². The molecule has 0 unspecified atom stereocenters. The molecule has 0 saturated heterocycles. The Morgan fingerprint density at radius 2 is 2.05 bits per heavy atom. The van der Waals surface area contributed by atoms with Gasteiger partial charge in [0.2, 0.25) is 0 Å². The van der Waals surface area contributed by atoms with Crippen LogP contribution in [0.1, 0.15) is 26.7 Å². The van der Waals surface area contributed by atoms with Crippen LogP contribution in [0.25, 0.3) is 0 Å². The average molecular weight is 282 g/mol. The summed E-state index contributed by atoms with van der Waals surface area (Å²) in [4.78, 5) is 10.4. The van der Waals surface area contributed by atoms with Crippen molar-refractivity contribution in [2.75, 3.05) is 31.7 Å². The van der Waals surface area contributed by atoms with E-state index in [2.05, 4.69) is 12.2 Å². The van der Waals surface area contributed by atoms with Crippen LogP contribution in [0.3, 0.4) is 0 Å². The lowest BCUT2D eigenvalue weighted by molar-refractivity contribution is -0.384. The molecule has 0 saturated carbocycles. The van der Waals surface area contributed by atoms with Crippen molar-refractivity contribution >= 4 is 11.4 Å². The van der Waals surface area contributed by atoms with Gasteiger partial charge in [0.25, 0.3) is 5.69 Å². The topological polar surface area (TPSA) is 73.6 Å². The first-order chi connectivity index (χ1) is 9.67. The molecule has 0 bridgehead atoms. The van der Waals surface area contributed by atoms with Crippen molar-refractivity contribution in [1.82, 2.24) is 0 Å². The lowest BCUT2D eigenvalue weighted by Gasteiger charge is -2.09. The number of nitro benzene ring substituents is 1. The summed E-state index contributed by atoms with van der Waals surface area (Å²) in [5.41, 5.74) is 0.687. The van der Waals surface area contributed by atoms with E-state index in [1.807, 2.05) is 6.92 Å². The number of ether oxygens (including phenoxy) is 2. The molecule has 1 aromatic rings. The zero-order valence-electron chi connectivity index (χ0n) is 12.1. The molecule has 0 spiro atoms. The second kappa shape index (κ2) is 9.14. The third kappa shape index (κ3) is 5.88. The van der Waals surface area contributed by atoms with E-state index >= 15 is 0 Å². The number of rotatable bonds is 10. The van der Waals surface area contributed by atoms with Crippen LogP contribution in [0.4, 0.5) is 11.4 Å². The maximum atomic E-state index is 10.9. The predicted octanol–water partition coefficient (Wildman–Crippen LogP) is 3.22. The SMILES string of the molecule is CCCCOCCNc1cc(OCC)cc([N+](=O)[O-])c1. The quantitative estimate of drug-likeness (QED) is 0.405. The monoisotopic (exact) mass is 282 g/mol. The van der Waals surface area contributed by atoms with Crippen LogP contribution in [0.2, 0.25) is 0 Å². The van der Waals surface area contributed by atoms with Crippen LogP contribution in [0.5, 0.6) is 5.75 Å². The summed E-state index contributed by atoms with van der Waals surface area (Å²) in [6, 6.07) is 4.67. The molecule has 1 aromatic carbocycles. The lowest BCUT2D eigenvalue weighted by Crippen LogP contribution is -2.10. The Morgan fingerprint density at radius 1 is 1.25 bits per heavy atom. The molecule has 0 heterocycles. The van der Waals surface area contributed by atoms with Gasteiger partial charge in [0, 0.05) is 31.0 Å². The second-order valence-corrected chi connectivity index (χ2v) is 4.30. The predicted molar refractivity (Wildman–Crippen MR) is 78.5 cm³/mol. The number of hydrogen-bond acceptors (Lipinski definition) is 5. The fraction of sp³-hybridized carbons (Fsp3) is 0.571. The molecule has 20 heavy (non-hydrogen) atoms. The zero-order chi connectivity index (χ0) is 14.8. The standard InChI is InChI=1S/C14H22N2O4/c1-3-5-7-19-8-6-15-12-9-13(16(17)18)11-14(10-12)20-4-2/h9-11,15H,3-8H2,1-2H3. The summed E-state index contributed by atoms with van der Waals surface area (Å²) in [6.07, 6.45) is 2.15. The van der Waals surface area contributed by atoms with Crippen LogP contribution < -0.4 is 10.1 Å². The lowest BCUT2D eigenvalue weighted by atomic mass is 10.2. The molecule has 1 rings (SSSR count). The minimum absolute atomic E-state index is 0.0188. The van der Waals surface area contributed by atoms with Gasteiger partial charge in [-0.1, -0.05) is 13.3 Å². The van der Waals surface area contributed by atoms with Crippen molar-refractivity contribution in [1.29, 1.82) is 0 Å². The number of nitrogens with zero attached hydrogens (tertiary/aromatic N) is 1. The van der Waals surface area contributed by atoms with Crippen LogP contribution in [-0.2, 0) is 4.74 Å². The van der Waals surface area contributed by atoms with E-state index in [0.29, 0.717) is 31.2 Å². The van der Waals surface area contributed by atoms with Crippen molar-refractivity contribution in [3.05, 3.63) is 28.3 Å². The van der Waals surface area contributed by atoms with Crippen LogP contribution >= 0.6 is 0 Å². The molecular weight excluding hydrogens is 260 g/mol. The van der Waals surface area contributed by atoms with Gasteiger partial charge in [-0.3, -0.25) is 10.1 Å². The van der Waals surface area contributed by atoms with E-state index in [9.17, 15) is 10.1 Å². The van der Waals surface area contributed by atoms with Crippen LogP contribution in [0.15, 0.2) is 18.2 Å². The molecule has 0 aliphatic heterocycles. The number of benzene rings is 1. The van der Waals surface area contributed by atoms with Crippen LogP contribution in [-0.4, -0.2) is 31.3 Å². The molecule has 0 atom stereocenters. The Labute approximate surface area is 119 Å². The van der Waals surface area contributed by atoms with Crippen molar-refractivity contribution < 1.29 is 14.4 Å². The van der Waals surface area contributed by atoms with Crippen molar-refractivity contribution in [2.24, 2.45) is 0 Å². The van der Waals surface area contributed by atoms with Crippen molar-refractivity contribution in [3.8, 4) is 5.75 Å². The summed E-state index contributed by atoms with van der Waals surface area (Å²) in [6.45, 7) is 6.36. The van der Waals surface area contributed by atoms with E-state index in [0.717, 1.165) is 19.4 Å². The van der Waals surface area contributed by atoms with Crippen LogP contribution in [0, 0.1) is 10.1 Å². The summed E-state index contributed by atoms with van der Waals surface area (Å²) in [5.74, 6) is 0.496. The Balaban J connectivity index is 2.53. The highest BCUT2D eigenvalue weighted by Crippen LogP contribution is 2.25. The molecule has 6 heteroatoms. The second-order valence-electron chi connectivity index (χ2n) is 4.30. The minimum Gasteiger partial charge on any atom is -0.494 e. The average Bonchev–Trinajstić information content (AvgIpc) is 2.43. The molecular formula is C14H22N2O4. The Morgan fingerprint density at radius 3 is 2.70 bits per heavy atom. The highest BCUT2D eigenvalue weighted by atomic mass is 16.6. The normalized spacial score (nSPS) is 10.3. The summed E-state index contributed by atoms with van der Waals surface area (Å²) >= 11 is 0. The molecule has 0 aliphatic rings. The van der Waals surface area contributed by atoms with E-state index in [1.54, 1.807) is 6.07 Å². The summed E-state index contributed by atoms with van der Waals surface area (Å²) < 4.78 is 10.7. The molecule has 1 N–H and O–H groups in total. The first-order valence-corrected chi connectivity index (χ1v) is 6.91. The Kier molecular flexibility index (Phi) is 7.42. The van der Waals surface area contributed by atoms with Crippen molar-refractivity contribution in [3.63, 3.8) is 0 Å². The maximum Gasteiger partial charge on any atom is 0.275 e. The molecule has 112 valence electrons. The van der Waals surface area contributed by atoms with Gasteiger partial charge in [-0.15, -0.1) is 0 Å². The van der Waals surface area contributed by atoms with Gasteiger partial charge in [0.05, 0.1) is 24.2 Å². The summed E-state index contributed by atoms with van der Waals surface area (Å²) in [7, 11) is 0. The molecule has 0 fully saturated rings. The number of anilines is 1. The minimum atomic E-state index is -0.425. The molecule has 6 nitrogen and oxygen atoms in total. The van der Waals surface area contributed by atoms with Crippen molar-refractivity contribution in [2.45, 2.75) is 26.7 Å². The fourth-order valence-corrected chi connectivity index (χ4v) is 1.66. The van der Waals surface area contributed by atoms with Gasteiger partial charge in [-0.25, -0.2) is 0 Å². The third-order valence-corrected chi connectivity index (χ3v) is 2.63.